The lowest BCUT2D eigenvalue weighted by Crippen LogP contribution is -2.36. The fourth-order valence-electron chi connectivity index (χ4n) is 3.23. The summed E-state index contributed by atoms with van der Waals surface area (Å²) in [6.07, 6.45) is 0.778. The van der Waals surface area contributed by atoms with Gasteiger partial charge in [0.25, 0.3) is 5.56 Å². The van der Waals surface area contributed by atoms with Gasteiger partial charge in [0.15, 0.2) is 0 Å². The highest BCUT2D eigenvalue weighted by molar-refractivity contribution is 6.30. The standard InChI is InChI=1S/C22H27ClN4O2/c1-15-19(16(2)25-22(29)20(15)13-24)9-10-21(28)27(12-11-26(3)4)14-17-5-7-18(23)8-6-17/h5-8H,9-12,14H2,1-4H3,(H,25,29). The van der Waals surface area contributed by atoms with Crippen LogP contribution in [0, 0.1) is 25.2 Å². The molecule has 0 aliphatic rings. The van der Waals surface area contributed by atoms with Crippen molar-refractivity contribution in [2.45, 2.75) is 33.2 Å². The van der Waals surface area contributed by atoms with Crippen LogP contribution in [-0.2, 0) is 17.8 Å². The smallest absolute Gasteiger partial charge is 0.266 e. The molecule has 2 aromatic rings. The lowest BCUT2D eigenvalue weighted by molar-refractivity contribution is -0.131. The minimum Gasteiger partial charge on any atom is -0.337 e. The minimum atomic E-state index is -0.382. The summed E-state index contributed by atoms with van der Waals surface area (Å²) in [7, 11) is 3.95. The number of aromatic nitrogens is 1. The van der Waals surface area contributed by atoms with Gasteiger partial charge in [-0.15, -0.1) is 0 Å². The van der Waals surface area contributed by atoms with Crippen LogP contribution in [0.5, 0.6) is 0 Å². The van der Waals surface area contributed by atoms with Gasteiger partial charge in [-0.1, -0.05) is 23.7 Å². The monoisotopic (exact) mass is 414 g/mol. The van der Waals surface area contributed by atoms with Crippen molar-refractivity contribution in [2.24, 2.45) is 0 Å². The number of rotatable bonds is 8. The van der Waals surface area contributed by atoms with Gasteiger partial charge in [-0.25, -0.2) is 0 Å². The Morgan fingerprint density at radius 2 is 1.83 bits per heavy atom. The van der Waals surface area contributed by atoms with Crippen LogP contribution in [0.3, 0.4) is 0 Å². The molecule has 0 radical (unpaired) electrons. The second kappa shape index (κ2) is 10.2. The lowest BCUT2D eigenvalue weighted by atomic mass is 9.99. The number of halogens is 1. The molecule has 0 fully saturated rings. The van der Waals surface area contributed by atoms with Crippen LogP contribution < -0.4 is 5.56 Å². The predicted molar refractivity (Wildman–Crippen MR) is 115 cm³/mol. The summed E-state index contributed by atoms with van der Waals surface area (Å²) < 4.78 is 0. The number of nitrogens with one attached hydrogen (secondary N) is 1. The van der Waals surface area contributed by atoms with E-state index >= 15 is 0 Å². The SMILES string of the molecule is Cc1[nH]c(=O)c(C#N)c(C)c1CCC(=O)N(CCN(C)C)Cc1ccc(Cl)cc1. The first-order valence-corrected chi connectivity index (χ1v) is 9.90. The van der Waals surface area contributed by atoms with Gasteiger partial charge in [-0.2, -0.15) is 5.26 Å². The number of nitrogens with zero attached hydrogens (tertiary/aromatic N) is 3. The number of hydrogen-bond acceptors (Lipinski definition) is 4. The number of aromatic amines is 1. The first-order chi connectivity index (χ1) is 13.7. The van der Waals surface area contributed by atoms with E-state index in [9.17, 15) is 14.9 Å². The second-order valence-electron chi connectivity index (χ2n) is 7.41. The molecule has 1 N–H and O–H groups in total. The van der Waals surface area contributed by atoms with Crippen LogP contribution in [0.2, 0.25) is 5.02 Å². The first kappa shape index (κ1) is 22.7. The van der Waals surface area contributed by atoms with Crippen LogP contribution in [0.1, 0.15) is 34.4 Å². The van der Waals surface area contributed by atoms with Gasteiger partial charge in [0.1, 0.15) is 11.6 Å². The zero-order valence-electron chi connectivity index (χ0n) is 17.4. The van der Waals surface area contributed by atoms with Crippen LogP contribution in [0.25, 0.3) is 0 Å². The number of H-pyrrole nitrogens is 1. The number of pyridine rings is 1. The van der Waals surface area contributed by atoms with Crippen molar-refractivity contribution < 1.29 is 4.79 Å². The average molecular weight is 415 g/mol. The van der Waals surface area contributed by atoms with E-state index < -0.39 is 0 Å². The molecule has 0 spiro atoms. The molecule has 1 heterocycles. The molecular formula is C22H27ClN4O2. The first-order valence-electron chi connectivity index (χ1n) is 9.52. The molecule has 0 atom stereocenters. The van der Waals surface area contributed by atoms with Gasteiger partial charge in [0.2, 0.25) is 5.91 Å². The Labute approximate surface area is 176 Å². The largest absolute Gasteiger partial charge is 0.337 e. The zero-order valence-corrected chi connectivity index (χ0v) is 18.1. The van der Waals surface area contributed by atoms with Crippen molar-refractivity contribution in [2.75, 3.05) is 27.2 Å². The van der Waals surface area contributed by atoms with E-state index in [2.05, 4.69) is 4.98 Å². The number of nitriles is 1. The van der Waals surface area contributed by atoms with E-state index in [0.717, 1.165) is 17.7 Å². The third kappa shape index (κ3) is 6.18. The number of amides is 1. The minimum absolute atomic E-state index is 0.0327. The Kier molecular flexibility index (Phi) is 8.00. The van der Waals surface area contributed by atoms with E-state index in [1.807, 2.05) is 54.2 Å². The molecular weight excluding hydrogens is 388 g/mol. The molecule has 154 valence electrons. The maximum absolute atomic E-state index is 13.0. The molecule has 0 saturated carbocycles. The van der Waals surface area contributed by atoms with Gasteiger partial charge in [-0.05, 0) is 63.2 Å². The van der Waals surface area contributed by atoms with Gasteiger partial charge >= 0.3 is 0 Å². The van der Waals surface area contributed by atoms with Gasteiger partial charge in [-0.3, -0.25) is 9.59 Å². The third-order valence-corrected chi connectivity index (χ3v) is 5.22. The summed E-state index contributed by atoms with van der Waals surface area (Å²) in [5.41, 5.74) is 2.96. The molecule has 2 rings (SSSR count). The third-order valence-electron chi connectivity index (χ3n) is 4.97. The van der Waals surface area contributed by atoms with Crippen molar-refractivity contribution >= 4 is 17.5 Å². The molecule has 1 amide bonds. The Bertz CT molecular complexity index is 959. The number of carbonyl (C=O) groups excluding carboxylic acids is 1. The van der Waals surface area contributed by atoms with E-state index in [1.54, 1.807) is 13.8 Å². The molecule has 6 nitrogen and oxygen atoms in total. The van der Waals surface area contributed by atoms with Crippen molar-refractivity contribution in [1.29, 1.82) is 5.26 Å². The molecule has 1 aromatic heterocycles. The Morgan fingerprint density at radius 1 is 1.17 bits per heavy atom. The fourth-order valence-corrected chi connectivity index (χ4v) is 3.36. The molecule has 1 aromatic carbocycles. The number of aryl methyl sites for hydroxylation is 1. The van der Waals surface area contributed by atoms with E-state index in [4.69, 9.17) is 11.6 Å². The summed E-state index contributed by atoms with van der Waals surface area (Å²) in [5.74, 6) is 0.0327. The summed E-state index contributed by atoms with van der Waals surface area (Å²) in [5, 5.41) is 9.89. The Balaban J connectivity index is 2.16. The molecule has 0 bridgehead atoms. The lowest BCUT2D eigenvalue weighted by Gasteiger charge is -2.25. The van der Waals surface area contributed by atoms with Crippen molar-refractivity contribution in [1.82, 2.24) is 14.8 Å². The number of carbonyl (C=O) groups is 1. The molecule has 0 aliphatic carbocycles. The van der Waals surface area contributed by atoms with Crippen LogP contribution in [0.15, 0.2) is 29.1 Å². The normalized spacial score (nSPS) is 10.8. The molecule has 29 heavy (non-hydrogen) atoms. The van der Waals surface area contributed by atoms with Gasteiger partial charge < -0.3 is 14.8 Å². The highest BCUT2D eigenvalue weighted by Crippen LogP contribution is 2.17. The molecule has 0 saturated heterocycles. The zero-order chi connectivity index (χ0) is 21.6. The van der Waals surface area contributed by atoms with Crippen LogP contribution in [-0.4, -0.2) is 47.9 Å². The highest BCUT2D eigenvalue weighted by atomic mass is 35.5. The van der Waals surface area contributed by atoms with Crippen LogP contribution >= 0.6 is 11.6 Å². The quantitative estimate of drug-likeness (QED) is 0.719. The van der Waals surface area contributed by atoms with Gasteiger partial charge in [0, 0.05) is 36.8 Å². The van der Waals surface area contributed by atoms with Crippen molar-refractivity contribution in [3.8, 4) is 6.07 Å². The van der Waals surface area contributed by atoms with Crippen LogP contribution in [0.4, 0.5) is 0 Å². The average Bonchev–Trinajstić information content (AvgIpc) is 2.66. The summed E-state index contributed by atoms with van der Waals surface area (Å²) in [4.78, 5) is 31.5. The Morgan fingerprint density at radius 3 is 2.41 bits per heavy atom. The highest BCUT2D eigenvalue weighted by Gasteiger charge is 2.17. The number of likely N-dealkylation sites (N-methyl/N-ethyl adjacent to an activating group) is 1. The molecule has 0 unspecified atom stereocenters. The Hall–Kier alpha value is -2.62. The topological polar surface area (TPSA) is 80.2 Å². The molecule has 0 aliphatic heterocycles. The van der Waals surface area contributed by atoms with Crippen molar-refractivity contribution in [3.05, 3.63) is 67.6 Å². The van der Waals surface area contributed by atoms with Crippen molar-refractivity contribution in [3.63, 3.8) is 0 Å². The maximum atomic E-state index is 13.0. The van der Waals surface area contributed by atoms with Gasteiger partial charge in [0.05, 0.1) is 0 Å². The molecule has 7 heteroatoms. The fraction of sp³-hybridized carbons (Fsp3) is 0.409. The maximum Gasteiger partial charge on any atom is 0.266 e. The van der Waals surface area contributed by atoms with E-state index in [0.29, 0.717) is 42.2 Å². The summed E-state index contributed by atoms with van der Waals surface area (Å²) in [6, 6.07) is 9.45. The number of hydrogen-bond donors (Lipinski definition) is 1. The number of benzene rings is 1. The summed E-state index contributed by atoms with van der Waals surface area (Å²) in [6.45, 7) is 5.44. The van der Waals surface area contributed by atoms with E-state index in [1.165, 1.54) is 0 Å². The predicted octanol–water partition coefficient (Wildman–Crippen LogP) is 3.04. The van der Waals surface area contributed by atoms with E-state index in [-0.39, 0.29) is 17.0 Å². The summed E-state index contributed by atoms with van der Waals surface area (Å²) >= 11 is 5.96. The second-order valence-corrected chi connectivity index (χ2v) is 7.85.